The van der Waals surface area contributed by atoms with Gasteiger partial charge in [0.2, 0.25) is 0 Å². The normalized spacial score (nSPS) is 9.33. The molecule has 0 aromatic heterocycles. The second-order valence-electron chi connectivity index (χ2n) is 2.21. The zero-order valence-corrected chi connectivity index (χ0v) is 10.0. The first kappa shape index (κ1) is 12.3. The van der Waals surface area contributed by atoms with Crippen molar-refractivity contribution < 1.29 is 19.5 Å². The van der Waals surface area contributed by atoms with E-state index in [0.717, 1.165) is 0 Å². The van der Waals surface area contributed by atoms with Crippen molar-refractivity contribution in [2.45, 2.75) is 46.5 Å². The fraction of sp³-hybridized carbons (Fsp3) is 0.875. The largest absolute Gasteiger partial charge is 0.314 e. The Labute approximate surface area is 72.2 Å². The van der Waals surface area contributed by atoms with E-state index in [4.69, 9.17) is 0 Å². The van der Waals surface area contributed by atoms with Gasteiger partial charge in [-0.15, -0.1) is 0 Å². The minimum atomic E-state index is 0. The molecule has 0 aromatic carbocycles. The molecular weight excluding hydrogens is 161 g/mol. The van der Waals surface area contributed by atoms with Crippen LogP contribution in [0.5, 0.6) is 0 Å². The van der Waals surface area contributed by atoms with Gasteiger partial charge in [0.05, 0.1) is 0 Å². The van der Waals surface area contributed by atoms with Gasteiger partial charge in [0, 0.05) is 19.5 Å². The van der Waals surface area contributed by atoms with Crippen LogP contribution in [0.2, 0.25) is 0 Å². The Morgan fingerprint density at radius 2 is 1.44 bits per heavy atom. The summed E-state index contributed by atoms with van der Waals surface area (Å²) in [6.07, 6.45) is 5.22. The first-order chi connectivity index (χ1) is 3.85. The molecule has 0 saturated carbocycles. The number of rotatable bonds is 4. The van der Waals surface area contributed by atoms with Crippen LogP contribution in [0.1, 0.15) is 46.5 Å². The second-order valence-corrected chi connectivity index (χ2v) is 2.21. The molecule has 0 unspecified atom stereocenters. The van der Waals surface area contributed by atoms with Gasteiger partial charge in [-0.05, 0) is 0 Å². The van der Waals surface area contributed by atoms with Crippen molar-refractivity contribution >= 4 is 0 Å². The monoisotopic (exact) mass is 177 g/mol. The molecule has 0 saturated heterocycles. The van der Waals surface area contributed by atoms with Crippen LogP contribution in [0.4, 0.5) is 0 Å². The van der Waals surface area contributed by atoms with Crippen LogP contribution >= 0.6 is 0 Å². The van der Waals surface area contributed by atoms with Crippen molar-refractivity contribution in [1.82, 2.24) is 0 Å². The van der Waals surface area contributed by atoms with Crippen molar-refractivity contribution in [1.29, 1.82) is 0 Å². The summed E-state index contributed by atoms with van der Waals surface area (Å²) < 4.78 is 0. The molecule has 0 N–H and O–H groups in total. The third kappa shape index (κ3) is 6.51. The maximum Gasteiger partial charge on any atom is 0 e. The third-order valence-corrected chi connectivity index (χ3v) is 1.60. The summed E-state index contributed by atoms with van der Waals surface area (Å²) in [5.74, 6) is 1.72. The molecule has 0 aliphatic carbocycles. The minimum Gasteiger partial charge on any atom is -0.314 e. The smallest absolute Gasteiger partial charge is 0 e. The predicted octanol–water partition coefficient (Wildman–Crippen LogP) is 3.18. The van der Waals surface area contributed by atoms with Crippen LogP contribution in [-0.2, 0) is 19.5 Å². The van der Waals surface area contributed by atoms with Gasteiger partial charge in [0.15, 0.2) is 0 Å². The molecule has 0 spiro atoms. The van der Waals surface area contributed by atoms with Crippen LogP contribution in [0.3, 0.4) is 0 Å². The van der Waals surface area contributed by atoms with E-state index in [9.17, 15) is 0 Å². The fourth-order valence-corrected chi connectivity index (χ4v) is 0.957. The quantitative estimate of drug-likeness (QED) is 0.458. The SMILES string of the molecule is CCC[C-](CC)CC.[Zn]. The molecule has 0 radical (unpaired) electrons. The Hall–Kier alpha value is 0.623. The van der Waals surface area contributed by atoms with Crippen molar-refractivity contribution in [3.8, 4) is 0 Å². The molecule has 0 heterocycles. The third-order valence-electron chi connectivity index (χ3n) is 1.60. The summed E-state index contributed by atoms with van der Waals surface area (Å²) in [5, 5.41) is 0. The predicted molar refractivity (Wildman–Crippen MR) is 38.7 cm³/mol. The molecule has 0 rings (SSSR count). The Morgan fingerprint density at radius 3 is 1.56 bits per heavy atom. The molecule has 0 aliphatic heterocycles. The van der Waals surface area contributed by atoms with Gasteiger partial charge in [-0.25, -0.2) is 0 Å². The van der Waals surface area contributed by atoms with E-state index in [2.05, 4.69) is 20.8 Å². The van der Waals surface area contributed by atoms with Crippen molar-refractivity contribution in [2.75, 3.05) is 0 Å². The maximum absolute atomic E-state index is 2.24. The number of hydrogen-bond donors (Lipinski definition) is 0. The topological polar surface area (TPSA) is 0 Å². The molecule has 0 bridgehead atoms. The molecule has 52 valence electrons. The van der Waals surface area contributed by atoms with Crippen LogP contribution in [-0.4, -0.2) is 0 Å². The molecule has 0 aromatic rings. The summed E-state index contributed by atoms with van der Waals surface area (Å²) in [6.45, 7) is 6.73. The Balaban J connectivity index is 0. The van der Waals surface area contributed by atoms with Crippen LogP contribution in [0.15, 0.2) is 0 Å². The molecule has 0 fully saturated rings. The zero-order chi connectivity index (χ0) is 6.41. The average molecular weight is 179 g/mol. The first-order valence-corrected chi connectivity index (χ1v) is 3.68. The van der Waals surface area contributed by atoms with Crippen LogP contribution in [0.25, 0.3) is 0 Å². The maximum atomic E-state index is 2.24. The van der Waals surface area contributed by atoms with Gasteiger partial charge in [-0.3, -0.25) is 0 Å². The Bertz CT molecular complexity index is 39.8. The van der Waals surface area contributed by atoms with E-state index < -0.39 is 0 Å². The van der Waals surface area contributed by atoms with Gasteiger partial charge in [-0.1, -0.05) is 27.2 Å². The van der Waals surface area contributed by atoms with Gasteiger partial charge in [0.1, 0.15) is 0 Å². The summed E-state index contributed by atoms with van der Waals surface area (Å²) in [5.41, 5.74) is 0. The molecule has 0 aliphatic rings. The van der Waals surface area contributed by atoms with E-state index in [0.29, 0.717) is 0 Å². The molecule has 0 amide bonds. The van der Waals surface area contributed by atoms with E-state index >= 15 is 0 Å². The first-order valence-electron chi connectivity index (χ1n) is 3.68. The van der Waals surface area contributed by atoms with Gasteiger partial charge in [-0.2, -0.15) is 19.3 Å². The van der Waals surface area contributed by atoms with Crippen molar-refractivity contribution in [2.24, 2.45) is 0 Å². The molecular formula is C8H17Zn-. The number of hydrogen-bond acceptors (Lipinski definition) is 0. The van der Waals surface area contributed by atoms with Gasteiger partial charge >= 0.3 is 0 Å². The fourth-order valence-electron chi connectivity index (χ4n) is 0.957. The van der Waals surface area contributed by atoms with Crippen molar-refractivity contribution in [3.63, 3.8) is 0 Å². The molecule has 0 nitrogen and oxygen atoms in total. The summed E-state index contributed by atoms with van der Waals surface area (Å²) >= 11 is 0. The standard InChI is InChI=1S/C8H17.Zn/c1-4-7-8(5-2)6-3;/h4-7H2,1-3H3;/q-1;. The van der Waals surface area contributed by atoms with Gasteiger partial charge in [0.25, 0.3) is 0 Å². The summed E-state index contributed by atoms with van der Waals surface area (Å²) in [4.78, 5) is 0. The summed E-state index contributed by atoms with van der Waals surface area (Å²) in [7, 11) is 0. The Kier molecular flexibility index (Phi) is 11.8. The second kappa shape index (κ2) is 8.62. The summed E-state index contributed by atoms with van der Waals surface area (Å²) in [6, 6.07) is 0. The Morgan fingerprint density at radius 1 is 1.00 bits per heavy atom. The average Bonchev–Trinajstić information content (AvgIpc) is 1.83. The van der Waals surface area contributed by atoms with E-state index in [1.165, 1.54) is 25.7 Å². The zero-order valence-electron chi connectivity index (χ0n) is 7.04. The minimum absolute atomic E-state index is 0. The van der Waals surface area contributed by atoms with Crippen molar-refractivity contribution in [3.05, 3.63) is 5.92 Å². The molecule has 0 atom stereocenters. The van der Waals surface area contributed by atoms with E-state index in [1.807, 2.05) is 0 Å². The van der Waals surface area contributed by atoms with E-state index in [1.54, 1.807) is 5.92 Å². The van der Waals surface area contributed by atoms with Crippen LogP contribution < -0.4 is 0 Å². The molecule has 1 heteroatoms. The van der Waals surface area contributed by atoms with Gasteiger partial charge < -0.3 is 5.92 Å². The van der Waals surface area contributed by atoms with Crippen LogP contribution in [0, 0.1) is 5.92 Å². The van der Waals surface area contributed by atoms with E-state index in [-0.39, 0.29) is 19.5 Å². The molecule has 9 heavy (non-hydrogen) atoms.